The van der Waals surface area contributed by atoms with Crippen molar-refractivity contribution in [1.82, 2.24) is 4.90 Å². The van der Waals surface area contributed by atoms with Gasteiger partial charge in [0.2, 0.25) is 5.91 Å². The van der Waals surface area contributed by atoms with Crippen molar-refractivity contribution >= 4 is 17.5 Å². The Bertz CT molecular complexity index is 1220. The lowest BCUT2D eigenvalue weighted by Crippen LogP contribution is -2.43. The van der Waals surface area contributed by atoms with E-state index in [0.29, 0.717) is 25.9 Å². The average Bonchev–Trinajstić information content (AvgIpc) is 3.39. The van der Waals surface area contributed by atoms with Gasteiger partial charge >= 0.3 is 6.18 Å². The van der Waals surface area contributed by atoms with Crippen LogP contribution >= 0.6 is 0 Å². The smallest absolute Gasteiger partial charge is 0.337 e. The molecule has 2 heterocycles. The molecule has 34 heavy (non-hydrogen) atoms. The van der Waals surface area contributed by atoms with Crippen molar-refractivity contribution in [2.24, 2.45) is 0 Å². The third kappa shape index (κ3) is 3.75. The maximum Gasteiger partial charge on any atom is 0.416 e. The van der Waals surface area contributed by atoms with Crippen molar-refractivity contribution < 1.29 is 22.8 Å². The Morgan fingerprint density at radius 2 is 1.59 bits per heavy atom. The molecule has 5 rings (SSSR count). The van der Waals surface area contributed by atoms with Gasteiger partial charge in [0.15, 0.2) is 0 Å². The Hall–Kier alpha value is -3.61. The lowest BCUT2D eigenvalue weighted by atomic mass is 9.81. The fraction of sp³-hybridized carbons (Fsp3) is 0.259. The van der Waals surface area contributed by atoms with E-state index in [2.05, 4.69) is 0 Å². The molecular formula is C27H23F3N2O2. The van der Waals surface area contributed by atoms with Gasteiger partial charge in [-0.2, -0.15) is 13.2 Å². The monoisotopic (exact) mass is 464 g/mol. The van der Waals surface area contributed by atoms with Crippen LogP contribution in [-0.2, 0) is 22.8 Å². The van der Waals surface area contributed by atoms with Crippen molar-refractivity contribution in [1.29, 1.82) is 0 Å². The van der Waals surface area contributed by atoms with Crippen molar-refractivity contribution in [3.05, 3.63) is 101 Å². The topological polar surface area (TPSA) is 40.6 Å². The zero-order chi connectivity index (χ0) is 23.9. The molecular weight excluding hydrogens is 441 g/mol. The van der Waals surface area contributed by atoms with E-state index in [1.54, 1.807) is 4.90 Å². The second kappa shape index (κ2) is 8.31. The highest BCUT2D eigenvalue weighted by Crippen LogP contribution is 2.47. The molecule has 0 aromatic heterocycles. The quantitative estimate of drug-likeness (QED) is 0.541. The van der Waals surface area contributed by atoms with Crippen LogP contribution in [0.2, 0.25) is 0 Å². The molecule has 2 amide bonds. The van der Waals surface area contributed by atoms with E-state index < -0.39 is 17.2 Å². The molecule has 4 nitrogen and oxygen atoms in total. The summed E-state index contributed by atoms with van der Waals surface area (Å²) < 4.78 is 38.6. The summed E-state index contributed by atoms with van der Waals surface area (Å²) in [6.45, 7) is 1.12. The van der Waals surface area contributed by atoms with Gasteiger partial charge in [0.25, 0.3) is 5.91 Å². The molecule has 1 atom stereocenters. The summed E-state index contributed by atoms with van der Waals surface area (Å²) in [4.78, 5) is 30.2. The molecule has 2 aliphatic rings. The number of hydrogen-bond donors (Lipinski definition) is 0. The maximum absolute atomic E-state index is 13.7. The Morgan fingerprint density at radius 1 is 0.912 bits per heavy atom. The van der Waals surface area contributed by atoms with Crippen LogP contribution in [0, 0.1) is 0 Å². The fourth-order valence-corrected chi connectivity index (χ4v) is 5.07. The van der Waals surface area contributed by atoms with Crippen LogP contribution in [0.3, 0.4) is 0 Å². The number of carbonyl (C=O) groups excluding carboxylic acids is 2. The number of likely N-dealkylation sites (tertiary alicyclic amines) is 1. The minimum atomic E-state index is -4.46. The number of nitrogens with zero attached hydrogens (tertiary/aromatic N) is 2. The summed E-state index contributed by atoms with van der Waals surface area (Å²) in [6, 6.07) is 21.9. The number of halogens is 3. The summed E-state index contributed by atoms with van der Waals surface area (Å²) in [5, 5.41) is 0. The third-order valence-electron chi connectivity index (χ3n) is 6.85. The van der Waals surface area contributed by atoms with Gasteiger partial charge in [-0.1, -0.05) is 48.5 Å². The van der Waals surface area contributed by atoms with Crippen molar-refractivity contribution in [2.45, 2.75) is 24.4 Å². The molecule has 0 aliphatic carbocycles. The summed E-state index contributed by atoms with van der Waals surface area (Å²) in [5.41, 5.74) is 1.48. The number of carbonyl (C=O) groups is 2. The van der Waals surface area contributed by atoms with E-state index in [-0.39, 0.29) is 23.9 Å². The van der Waals surface area contributed by atoms with Crippen LogP contribution < -0.4 is 4.90 Å². The van der Waals surface area contributed by atoms with E-state index >= 15 is 0 Å². The van der Waals surface area contributed by atoms with Gasteiger partial charge in [0, 0.05) is 30.9 Å². The highest BCUT2D eigenvalue weighted by atomic mass is 19.4. The number of para-hydroxylation sites is 1. The van der Waals surface area contributed by atoms with Crippen molar-refractivity contribution in [3.63, 3.8) is 0 Å². The van der Waals surface area contributed by atoms with Gasteiger partial charge in [0.1, 0.15) is 0 Å². The number of rotatable bonds is 4. The minimum Gasteiger partial charge on any atom is -0.337 e. The zero-order valence-corrected chi connectivity index (χ0v) is 18.4. The molecule has 0 radical (unpaired) electrons. The molecule has 2 aliphatic heterocycles. The van der Waals surface area contributed by atoms with Gasteiger partial charge in [-0.05, 0) is 54.3 Å². The van der Waals surface area contributed by atoms with Crippen LogP contribution in [0.4, 0.5) is 18.9 Å². The SMILES string of the molecule is O=C(c1ccc(C(F)(F)F)cc1)N1CCC2(C1)C(=O)N(CCc1ccccc1)c1ccccc12. The predicted molar refractivity (Wildman–Crippen MR) is 123 cm³/mol. The van der Waals surface area contributed by atoms with Gasteiger partial charge in [-0.25, -0.2) is 0 Å². The molecule has 1 spiro atoms. The number of alkyl halides is 3. The Kier molecular flexibility index (Phi) is 5.42. The number of anilines is 1. The molecule has 7 heteroatoms. The first-order chi connectivity index (χ1) is 16.3. The second-order valence-corrected chi connectivity index (χ2v) is 8.84. The average molecular weight is 464 g/mol. The maximum atomic E-state index is 13.7. The minimum absolute atomic E-state index is 0.0210. The molecule has 0 N–H and O–H groups in total. The number of amides is 2. The first-order valence-electron chi connectivity index (χ1n) is 11.2. The van der Waals surface area contributed by atoms with Gasteiger partial charge in [-0.3, -0.25) is 9.59 Å². The lowest BCUT2D eigenvalue weighted by Gasteiger charge is -2.25. The third-order valence-corrected chi connectivity index (χ3v) is 6.85. The Labute approximate surface area is 195 Å². The lowest BCUT2D eigenvalue weighted by molar-refractivity contribution is -0.137. The van der Waals surface area contributed by atoms with Crippen LogP contribution in [-0.4, -0.2) is 36.3 Å². The number of fused-ring (bicyclic) bond motifs is 2. The summed E-state index contributed by atoms with van der Waals surface area (Å²) in [5.74, 6) is -0.383. The highest BCUT2D eigenvalue weighted by molar-refractivity contribution is 6.09. The van der Waals surface area contributed by atoms with E-state index in [1.165, 1.54) is 12.1 Å². The molecule has 0 bridgehead atoms. The van der Waals surface area contributed by atoms with E-state index in [0.717, 1.165) is 28.9 Å². The first kappa shape index (κ1) is 22.2. The van der Waals surface area contributed by atoms with Crippen LogP contribution in [0.25, 0.3) is 0 Å². The standard InChI is InChI=1S/C27H23F3N2O2/c28-27(29,30)21-12-10-20(11-13-21)24(33)31-17-15-26(18-31)22-8-4-5-9-23(22)32(25(26)34)16-14-19-6-2-1-3-7-19/h1-13H,14-18H2. The molecule has 174 valence electrons. The molecule has 1 fully saturated rings. The largest absolute Gasteiger partial charge is 0.416 e. The second-order valence-electron chi connectivity index (χ2n) is 8.84. The van der Waals surface area contributed by atoms with E-state index in [1.807, 2.05) is 59.5 Å². The Balaban J connectivity index is 1.37. The van der Waals surface area contributed by atoms with Gasteiger partial charge < -0.3 is 9.80 Å². The molecule has 1 saturated heterocycles. The fourth-order valence-electron chi connectivity index (χ4n) is 5.07. The normalized spacial score (nSPS) is 19.7. The van der Waals surface area contributed by atoms with Crippen molar-refractivity contribution in [2.75, 3.05) is 24.5 Å². The molecule has 0 saturated carbocycles. The Morgan fingerprint density at radius 3 is 2.29 bits per heavy atom. The van der Waals surface area contributed by atoms with Crippen LogP contribution in [0.15, 0.2) is 78.9 Å². The molecule has 3 aromatic rings. The van der Waals surface area contributed by atoms with Crippen LogP contribution in [0.1, 0.15) is 33.5 Å². The van der Waals surface area contributed by atoms with Crippen molar-refractivity contribution in [3.8, 4) is 0 Å². The molecule has 1 unspecified atom stereocenters. The summed E-state index contributed by atoms with van der Waals surface area (Å²) in [7, 11) is 0. The van der Waals surface area contributed by atoms with E-state index in [9.17, 15) is 22.8 Å². The predicted octanol–water partition coefficient (Wildman–Crippen LogP) is 5.08. The van der Waals surface area contributed by atoms with E-state index in [4.69, 9.17) is 0 Å². The highest BCUT2D eigenvalue weighted by Gasteiger charge is 2.54. The summed E-state index contributed by atoms with van der Waals surface area (Å²) in [6.07, 6.45) is -3.26. The van der Waals surface area contributed by atoms with Gasteiger partial charge in [0.05, 0.1) is 11.0 Å². The van der Waals surface area contributed by atoms with Crippen LogP contribution in [0.5, 0.6) is 0 Å². The summed E-state index contributed by atoms with van der Waals surface area (Å²) >= 11 is 0. The first-order valence-corrected chi connectivity index (χ1v) is 11.2. The zero-order valence-electron chi connectivity index (χ0n) is 18.4. The van der Waals surface area contributed by atoms with Gasteiger partial charge in [-0.15, -0.1) is 0 Å². The molecule has 3 aromatic carbocycles. The number of hydrogen-bond acceptors (Lipinski definition) is 2. The number of benzene rings is 3.